The summed E-state index contributed by atoms with van der Waals surface area (Å²) < 4.78 is 7.64. The van der Waals surface area contributed by atoms with Gasteiger partial charge in [0.1, 0.15) is 0 Å². The van der Waals surface area contributed by atoms with Gasteiger partial charge in [-0.3, -0.25) is 0 Å². The third kappa shape index (κ3) is 2.69. The van der Waals surface area contributed by atoms with Crippen LogP contribution in [0.1, 0.15) is 0 Å². The number of hydrogen-bond donors (Lipinski definition) is 1. The van der Waals surface area contributed by atoms with Gasteiger partial charge < -0.3 is 10.1 Å². The molecule has 0 spiro atoms. The average Bonchev–Trinajstić information content (AvgIpc) is 1.95. The predicted molar refractivity (Wildman–Crippen MR) is 70.1 cm³/mol. The molecule has 0 amide bonds. The first-order valence-electron chi connectivity index (χ1n) is 4.04. The molecule has 0 atom stereocenters. The highest BCUT2D eigenvalue weighted by atomic mass is 127. The highest BCUT2D eigenvalue weighted by molar-refractivity contribution is 14.1. The fourth-order valence-corrected chi connectivity index (χ4v) is 3.13. The standard InChI is InChI=1S/C9H9I2NO/c10-6-1-7(11)3-8(2-6)12-9-4-13-5-9/h1-3,9,12H,4-5H2. The summed E-state index contributed by atoms with van der Waals surface area (Å²) in [5, 5.41) is 3.43. The second-order valence-corrected chi connectivity index (χ2v) is 5.53. The Hall–Kier alpha value is 0.440. The summed E-state index contributed by atoms with van der Waals surface area (Å²) in [5.74, 6) is 0. The van der Waals surface area contributed by atoms with E-state index in [9.17, 15) is 0 Å². The maximum absolute atomic E-state index is 5.10. The lowest BCUT2D eigenvalue weighted by Crippen LogP contribution is -2.40. The Morgan fingerprint density at radius 3 is 2.23 bits per heavy atom. The summed E-state index contributed by atoms with van der Waals surface area (Å²) in [4.78, 5) is 0. The summed E-state index contributed by atoms with van der Waals surface area (Å²) in [5.41, 5.74) is 1.20. The third-order valence-corrected chi connectivity index (χ3v) is 3.12. The Morgan fingerprint density at radius 2 is 1.77 bits per heavy atom. The molecule has 0 unspecified atom stereocenters. The van der Waals surface area contributed by atoms with Crippen molar-refractivity contribution in [3.05, 3.63) is 25.3 Å². The van der Waals surface area contributed by atoms with Gasteiger partial charge in [-0.15, -0.1) is 0 Å². The molecule has 1 heterocycles. The Balaban J connectivity index is 2.10. The van der Waals surface area contributed by atoms with Crippen molar-refractivity contribution >= 4 is 50.9 Å². The van der Waals surface area contributed by atoms with Gasteiger partial charge in [0, 0.05) is 12.8 Å². The largest absolute Gasteiger partial charge is 0.378 e. The van der Waals surface area contributed by atoms with Crippen LogP contribution in [-0.2, 0) is 4.74 Å². The molecule has 0 aromatic heterocycles. The second kappa shape index (κ2) is 4.31. The van der Waals surface area contributed by atoms with E-state index in [1.807, 2.05) is 0 Å². The molecule has 1 aromatic rings. The predicted octanol–water partition coefficient (Wildman–Crippen LogP) is 2.71. The van der Waals surface area contributed by atoms with E-state index in [0.717, 1.165) is 13.2 Å². The molecule has 0 bridgehead atoms. The van der Waals surface area contributed by atoms with Crippen LogP contribution in [-0.4, -0.2) is 19.3 Å². The first-order valence-corrected chi connectivity index (χ1v) is 6.20. The maximum atomic E-state index is 5.10. The molecule has 1 aliphatic rings. The van der Waals surface area contributed by atoms with Crippen LogP contribution in [0.25, 0.3) is 0 Å². The molecule has 1 N–H and O–H groups in total. The fourth-order valence-electron chi connectivity index (χ4n) is 1.19. The van der Waals surface area contributed by atoms with Crippen LogP contribution in [0.3, 0.4) is 0 Å². The Kier molecular flexibility index (Phi) is 3.31. The Labute approximate surface area is 105 Å². The van der Waals surface area contributed by atoms with Crippen molar-refractivity contribution in [2.24, 2.45) is 0 Å². The van der Waals surface area contributed by atoms with Crippen LogP contribution in [0.15, 0.2) is 18.2 Å². The molecule has 1 aromatic carbocycles. The molecule has 0 aliphatic carbocycles. The average molecular weight is 401 g/mol. The summed E-state index contributed by atoms with van der Waals surface area (Å²) in [6, 6.07) is 6.97. The van der Waals surface area contributed by atoms with Crippen molar-refractivity contribution in [1.29, 1.82) is 0 Å². The van der Waals surface area contributed by atoms with Crippen LogP contribution in [0.2, 0.25) is 0 Å². The van der Waals surface area contributed by atoms with E-state index in [-0.39, 0.29) is 0 Å². The quantitative estimate of drug-likeness (QED) is 0.771. The third-order valence-electron chi connectivity index (χ3n) is 1.87. The number of anilines is 1. The zero-order chi connectivity index (χ0) is 9.26. The van der Waals surface area contributed by atoms with Gasteiger partial charge >= 0.3 is 0 Å². The van der Waals surface area contributed by atoms with Gasteiger partial charge in [-0.1, -0.05) is 0 Å². The van der Waals surface area contributed by atoms with Gasteiger partial charge in [0.25, 0.3) is 0 Å². The first-order chi connectivity index (χ1) is 6.24. The van der Waals surface area contributed by atoms with Crippen molar-refractivity contribution in [2.45, 2.75) is 6.04 Å². The molecule has 13 heavy (non-hydrogen) atoms. The number of nitrogens with one attached hydrogen (secondary N) is 1. The molecular formula is C9H9I2NO. The van der Waals surface area contributed by atoms with Crippen LogP contribution < -0.4 is 5.32 Å². The van der Waals surface area contributed by atoms with E-state index in [1.165, 1.54) is 12.8 Å². The van der Waals surface area contributed by atoms with E-state index in [4.69, 9.17) is 4.74 Å². The van der Waals surface area contributed by atoms with E-state index in [2.05, 4.69) is 68.7 Å². The minimum atomic E-state index is 0.508. The van der Waals surface area contributed by atoms with Gasteiger partial charge in [0.15, 0.2) is 0 Å². The van der Waals surface area contributed by atoms with Crippen molar-refractivity contribution in [1.82, 2.24) is 0 Å². The van der Waals surface area contributed by atoms with E-state index < -0.39 is 0 Å². The van der Waals surface area contributed by atoms with E-state index >= 15 is 0 Å². The minimum absolute atomic E-state index is 0.508. The normalized spacial score (nSPS) is 16.8. The van der Waals surface area contributed by atoms with Crippen LogP contribution in [0.5, 0.6) is 0 Å². The molecule has 0 radical (unpaired) electrons. The summed E-state index contributed by atoms with van der Waals surface area (Å²) in [6.45, 7) is 1.67. The molecule has 1 saturated heterocycles. The van der Waals surface area contributed by atoms with Crippen LogP contribution in [0.4, 0.5) is 5.69 Å². The number of hydrogen-bond acceptors (Lipinski definition) is 2. The number of halogens is 2. The molecule has 2 rings (SSSR count). The molecule has 0 saturated carbocycles. The highest BCUT2D eigenvalue weighted by Gasteiger charge is 2.17. The second-order valence-electron chi connectivity index (χ2n) is 3.04. The van der Waals surface area contributed by atoms with Crippen molar-refractivity contribution in [2.75, 3.05) is 18.5 Å². The van der Waals surface area contributed by atoms with Crippen LogP contribution in [0, 0.1) is 7.14 Å². The maximum Gasteiger partial charge on any atom is 0.0728 e. The lowest BCUT2D eigenvalue weighted by molar-refractivity contribution is 0.0211. The molecular weight excluding hydrogens is 392 g/mol. The zero-order valence-electron chi connectivity index (χ0n) is 6.89. The van der Waals surface area contributed by atoms with Gasteiger partial charge in [0.05, 0.1) is 19.3 Å². The van der Waals surface area contributed by atoms with Gasteiger partial charge in [-0.2, -0.15) is 0 Å². The summed E-state index contributed by atoms with van der Waals surface area (Å²) >= 11 is 4.66. The molecule has 1 fully saturated rings. The molecule has 4 heteroatoms. The molecule has 70 valence electrons. The van der Waals surface area contributed by atoms with Gasteiger partial charge in [0.2, 0.25) is 0 Å². The molecule has 1 aliphatic heterocycles. The fraction of sp³-hybridized carbons (Fsp3) is 0.333. The lowest BCUT2D eigenvalue weighted by Gasteiger charge is -2.27. The van der Waals surface area contributed by atoms with Crippen molar-refractivity contribution in [3.63, 3.8) is 0 Å². The zero-order valence-corrected chi connectivity index (χ0v) is 11.2. The Morgan fingerprint density at radius 1 is 1.15 bits per heavy atom. The SMILES string of the molecule is Ic1cc(I)cc(NC2COC2)c1. The number of benzene rings is 1. The molecule has 2 nitrogen and oxygen atoms in total. The first kappa shape index (κ1) is 9.97. The van der Waals surface area contributed by atoms with E-state index in [1.54, 1.807) is 0 Å². The van der Waals surface area contributed by atoms with Gasteiger partial charge in [-0.25, -0.2) is 0 Å². The smallest absolute Gasteiger partial charge is 0.0728 e. The highest BCUT2D eigenvalue weighted by Crippen LogP contribution is 2.20. The van der Waals surface area contributed by atoms with Crippen molar-refractivity contribution < 1.29 is 4.74 Å². The Bertz CT molecular complexity index is 292. The van der Waals surface area contributed by atoms with E-state index in [0.29, 0.717) is 6.04 Å². The lowest BCUT2D eigenvalue weighted by atomic mass is 10.2. The summed E-state index contributed by atoms with van der Waals surface area (Å²) in [6.07, 6.45) is 0. The van der Waals surface area contributed by atoms with Gasteiger partial charge in [-0.05, 0) is 63.4 Å². The summed E-state index contributed by atoms with van der Waals surface area (Å²) in [7, 11) is 0. The number of rotatable bonds is 2. The monoisotopic (exact) mass is 401 g/mol. The topological polar surface area (TPSA) is 21.3 Å². The van der Waals surface area contributed by atoms with Crippen LogP contribution >= 0.6 is 45.2 Å². The number of ether oxygens (including phenoxy) is 1. The minimum Gasteiger partial charge on any atom is -0.378 e. The van der Waals surface area contributed by atoms with Crippen molar-refractivity contribution in [3.8, 4) is 0 Å².